The number of nitrogens with two attached hydrogens (primary N) is 2. The molecule has 0 fully saturated rings. The van der Waals surface area contributed by atoms with Crippen LogP contribution in [0.5, 0.6) is 0 Å². The van der Waals surface area contributed by atoms with Gasteiger partial charge in [-0.2, -0.15) is 0 Å². The van der Waals surface area contributed by atoms with Crippen LogP contribution in [0.15, 0.2) is 12.5 Å². The third-order valence-electron chi connectivity index (χ3n) is 4.99. The molecular weight excluding hydrogens is 466 g/mol. The fourth-order valence-electron chi connectivity index (χ4n) is 3.02. The van der Waals surface area contributed by atoms with Crippen molar-refractivity contribution in [2.45, 2.75) is 62.7 Å². The molecule has 0 saturated carbocycles. The van der Waals surface area contributed by atoms with E-state index in [1.807, 2.05) is 0 Å². The van der Waals surface area contributed by atoms with Gasteiger partial charge >= 0.3 is 11.9 Å². The number of aromatic nitrogens is 2. The smallest absolute Gasteiger partial charge is 0.326 e. The van der Waals surface area contributed by atoms with Crippen LogP contribution in [0.1, 0.15) is 37.8 Å². The number of hydrogen-bond acceptors (Lipinski definition) is 9. The number of aliphatic hydroxyl groups is 1. The molecule has 0 aliphatic carbocycles. The molecule has 35 heavy (non-hydrogen) atoms. The number of unbranched alkanes of at least 4 members (excludes halogenated alkanes) is 1. The molecule has 4 atom stereocenters. The summed E-state index contributed by atoms with van der Waals surface area (Å²) < 4.78 is 0. The van der Waals surface area contributed by atoms with Gasteiger partial charge in [0.25, 0.3) is 0 Å². The van der Waals surface area contributed by atoms with Crippen molar-refractivity contribution < 1.29 is 39.3 Å². The number of aliphatic hydroxyl groups excluding tert-OH is 1. The van der Waals surface area contributed by atoms with Crippen molar-refractivity contribution >= 4 is 29.7 Å². The van der Waals surface area contributed by atoms with E-state index in [-0.39, 0.29) is 19.3 Å². The molecule has 0 saturated heterocycles. The number of nitrogens with zero attached hydrogens (tertiary/aromatic N) is 1. The van der Waals surface area contributed by atoms with Crippen molar-refractivity contribution in [3.05, 3.63) is 18.2 Å². The Labute approximate surface area is 201 Å². The fraction of sp³-hybridized carbons (Fsp3) is 0.600. The zero-order valence-electron chi connectivity index (χ0n) is 19.1. The Hall–Kier alpha value is -3.56. The number of H-pyrrole nitrogens is 1. The lowest BCUT2D eigenvalue weighted by atomic mass is 10.1. The largest absolute Gasteiger partial charge is 0.481 e. The van der Waals surface area contributed by atoms with E-state index in [2.05, 4.69) is 25.9 Å². The first kappa shape index (κ1) is 29.5. The summed E-state index contributed by atoms with van der Waals surface area (Å²) >= 11 is 0. The molecule has 196 valence electrons. The van der Waals surface area contributed by atoms with E-state index >= 15 is 0 Å². The van der Waals surface area contributed by atoms with Gasteiger partial charge in [-0.1, -0.05) is 0 Å². The normalized spacial score (nSPS) is 14.3. The molecule has 4 unspecified atom stereocenters. The van der Waals surface area contributed by atoms with Crippen molar-refractivity contribution in [1.82, 2.24) is 25.9 Å². The lowest BCUT2D eigenvalue weighted by molar-refractivity contribution is -0.142. The molecule has 15 nitrogen and oxygen atoms in total. The summed E-state index contributed by atoms with van der Waals surface area (Å²) in [5, 5.41) is 34.5. The molecule has 1 aromatic rings. The van der Waals surface area contributed by atoms with E-state index in [4.69, 9.17) is 21.7 Å². The molecule has 15 heteroatoms. The summed E-state index contributed by atoms with van der Waals surface area (Å²) in [7, 11) is 0. The van der Waals surface area contributed by atoms with E-state index in [9.17, 15) is 29.1 Å². The maximum absolute atomic E-state index is 12.9. The van der Waals surface area contributed by atoms with Crippen LogP contribution in [-0.2, 0) is 30.4 Å². The highest BCUT2D eigenvalue weighted by molar-refractivity contribution is 5.94. The van der Waals surface area contributed by atoms with Crippen molar-refractivity contribution in [2.24, 2.45) is 11.5 Å². The van der Waals surface area contributed by atoms with Crippen molar-refractivity contribution in [3.63, 3.8) is 0 Å². The number of aliphatic carboxylic acids is 2. The topological polar surface area (TPSA) is 263 Å². The number of rotatable bonds is 17. The Morgan fingerprint density at radius 2 is 1.57 bits per heavy atom. The zero-order valence-corrected chi connectivity index (χ0v) is 19.1. The van der Waals surface area contributed by atoms with E-state index < -0.39 is 66.9 Å². The van der Waals surface area contributed by atoms with Crippen LogP contribution >= 0.6 is 0 Å². The highest BCUT2D eigenvalue weighted by Crippen LogP contribution is 2.06. The predicted molar refractivity (Wildman–Crippen MR) is 121 cm³/mol. The minimum Gasteiger partial charge on any atom is -0.481 e. The second-order valence-corrected chi connectivity index (χ2v) is 7.81. The van der Waals surface area contributed by atoms with Gasteiger partial charge in [0.1, 0.15) is 24.2 Å². The Kier molecular flexibility index (Phi) is 12.9. The molecule has 3 amide bonds. The van der Waals surface area contributed by atoms with E-state index in [1.54, 1.807) is 0 Å². The number of imidazole rings is 1. The highest BCUT2D eigenvalue weighted by Gasteiger charge is 2.31. The Morgan fingerprint density at radius 1 is 0.943 bits per heavy atom. The average molecular weight is 500 g/mol. The summed E-state index contributed by atoms with van der Waals surface area (Å²) in [6.07, 6.45) is 3.01. The van der Waals surface area contributed by atoms with Gasteiger partial charge in [-0.15, -0.1) is 0 Å². The van der Waals surface area contributed by atoms with Gasteiger partial charge in [0.15, 0.2) is 0 Å². The number of carboxylic acids is 2. The van der Waals surface area contributed by atoms with Crippen LogP contribution in [0.2, 0.25) is 0 Å². The number of carboxylic acid groups (broad SMARTS) is 2. The summed E-state index contributed by atoms with van der Waals surface area (Å²) in [6, 6.07) is -5.23. The molecule has 1 aromatic heterocycles. The molecule has 0 radical (unpaired) electrons. The van der Waals surface area contributed by atoms with Crippen LogP contribution in [0, 0.1) is 0 Å². The van der Waals surface area contributed by atoms with Gasteiger partial charge in [0.05, 0.1) is 12.9 Å². The van der Waals surface area contributed by atoms with Crippen LogP contribution in [0.4, 0.5) is 0 Å². The van der Waals surface area contributed by atoms with Gasteiger partial charge in [-0.3, -0.25) is 19.2 Å². The number of nitrogens with one attached hydrogen (secondary N) is 4. The van der Waals surface area contributed by atoms with E-state index in [0.717, 1.165) is 0 Å². The predicted octanol–water partition coefficient (Wildman–Crippen LogP) is -3.20. The number of carbonyl (C=O) groups excluding carboxylic acids is 3. The number of hydrogen-bond donors (Lipinski definition) is 9. The lowest BCUT2D eigenvalue weighted by Gasteiger charge is -2.24. The Morgan fingerprint density at radius 3 is 2.11 bits per heavy atom. The first-order valence-corrected chi connectivity index (χ1v) is 11.0. The summed E-state index contributed by atoms with van der Waals surface area (Å²) in [5.41, 5.74) is 11.3. The van der Waals surface area contributed by atoms with Gasteiger partial charge in [0.2, 0.25) is 17.7 Å². The first-order valence-electron chi connectivity index (χ1n) is 11.0. The summed E-state index contributed by atoms with van der Waals surface area (Å²) in [4.78, 5) is 67.1. The monoisotopic (exact) mass is 499 g/mol. The second kappa shape index (κ2) is 15.4. The molecule has 11 N–H and O–H groups in total. The third kappa shape index (κ3) is 10.9. The van der Waals surface area contributed by atoms with Crippen molar-refractivity contribution in [2.75, 3.05) is 13.2 Å². The Balaban J connectivity index is 3.04. The summed E-state index contributed by atoms with van der Waals surface area (Å²) in [6.45, 7) is -0.340. The van der Waals surface area contributed by atoms with Crippen LogP contribution in [0.3, 0.4) is 0 Å². The van der Waals surface area contributed by atoms with Crippen LogP contribution in [0.25, 0.3) is 0 Å². The molecular formula is C20H33N7O8. The number of aromatic amines is 1. The standard InChI is InChI=1S/C20H33N7O8/c21-6-2-1-3-14(20(34)35)26-19(33)15(7-11-8-23-10-24-11)27-18(32)13(4-5-16(29)30)25-17(31)12(22)9-28/h8,10,12-15,28H,1-7,9,21-22H2,(H,23,24)(H,25,31)(H,26,33)(H,27,32)(H,29,30)(H,34,35). The average Bonchev–Trinajstić information content (AvgIpc) is 3.32. The van der Waals surface area contributed by atoms with E-state index in [0.29, 0.717) is 25.1 Å². The van der Waals surface area contributed by atoms with Gasteiger partial charge in [-0.25, -0.2) is 9.78 Å². The van der Waals surface area contributed by atoms with E-state index in [1.165, 1.54) is 12.5 Å². The molecule has 0 spiro atoms. The highest BCUT2D eigenvalue weighted by atomic mass is 16.4. The quantitative estimate of drug-likeness (QED) is 0.0963. The molecule has 0 aromatic carbocycles. The van der Waals surface area contributed by atoms with Crippen molar-refractivity contribution in [1.29, 1.82) is 0 Å². The minimum absolute atomic E-state index is 0.0948. The molecule has 1 heterocycles. The molecule has 1 rings (SSSR count). The van der Waals surface area contributed by atoms with Gasteiger partial charge in [-0.05, 0) is 32.2 Å². The molecule has 0 aliphatic rings. The first-order chi connectivity index (χ1) is 16.6. The zero-order chi connectivity index (χ0) is 26.4. The maximum atomic E-state index is 12.9. The fourth-order valence-corrected chi connectivity index (χ4v) is 3.02. The molecule has 0 aliphatic heterocycles. The molecule has 0 bridgehead atoms. The lowest BCUT2D eigenvalue weighted by Crippen LogP contribution is -2.58. The summed E-state index contributed by atoms with van der Waals surface area (Å²) in [5.74, 6) is -5.06. The number of carbonyl (C=O) groups is 5. The van der Waals surface area contributed by atoms with Crippen LogP contribution < -0.4 is 27.4 Å². The second-order valence-electron chi connectivity index (χ2n) is 7.81. The van der Waals surface area contributed by atoms with Crippen molar-refractivity contribution in [3.8, 4) is 0 Å². The number of amides is 3. The van der Waals surface area contributed by atoms with Crippen LogP contribution in [-0.4, -0.2) is 92.3 Å². The Bertz CT molecular complexity index is 849. The minimum atomic E-state index is -1.38. The SMILES string of the molecule is NCCCCC(NC(=O)C(Cc1cnc[nH]1)NC(=O)C(CCC(=O)O)NC(=O)C(N)CO)C(=O)O. The third-order valence-corrected chi connectivity index (χ3v) is 4.99. The maximum Gasteiger partial charge on any atom is 0.326 e. The van der Waals surface area contributed by atoms with Gasteiger partial charge in [0, 0.05) is 24.7 Å². The van der Waals surface area contributed by atoms with Gasteiger partial charge < -0.3 is 47.7 Å².